The predicted molar refractivity (Wildman–Crippen MR) is 606 cm³/mol. The van der Waals surface area contributed by atoms with Crippen LogP contribution in [0, 0.1) is 96.9 Å². The molecule has 13 aromatic rings. The second-order valence-electron chi connectivity index (χ2n) is 39.1. The first-order chi connectivity index (χ1) is 69.5. The number of para-hydroxylation sites is 2. The highest BCUT2D eigenvalue weighted by Gasteiger charge is 2.22. The Morgan fingerprint density at radius 3 is 0.826 bits per heavy atom. The minimum atomic E-state index is -0.127. The van der Waals surface area contributed by atoms with Crippen molar-refractivity contribution in [3.8, 4) is 11.5 Å². The van der Waals surface area contributed by atoms with Crippen molar-refractivity contribution in [3.63, 3.8) is 0 Å². The molecule has 0 aliphatic heterocycles. The van der Waals surface area contributed by atoms with Gasteiger partial charge in [0.05, 0.1) is 46.0 Å². The van der Waals surface area contributed by atoms with Gasteiger partial charge < -0.3 is 27.7 Å². The molecule has 0 radical (unpaired) electrons. The van der Waals surface area contributed by atoms with Crippen LogP contribution in [0.5, 0.6) is 11.5 Å². The minimum absolute atomic E-state index is 0.00929. The van der Waals surface area contributed by atoms with Gasteiger partial charge in [-0.1, -0.05) is 119 Å². The molecule has 0 bridgehead atoms. The lowest BCUT2D eigenvalue weighted by molar-refractivity contribution is -0.111. The first-order valence-corrected chi connectivity index (χ1v) is 49.8. The summed E-state index contributed by atoms with van der Waals surface area (Å²) in [7, 11) is 0. The summed E-state index contributed by atoms with van der Waals surface area (Å²) in [5.74, 6) is 19.9. The van der Waals surface area contributed by atoms with Gasteiger partial charge >= 0.3 is 0 Å². The molecule has 796 valence electrons. The lowest BCUT2D eigenvalue weighted by atomic mass is 10.1. The maximum absolute atomic E-state index is 11.6. The van der Waals surface area contributed by atoms with Gasteiger partial charge in [-0.2, -0.15) is 30.6 Å². The Kier molecular flexibility index (Phi) is 46.3. The molecule has 11 heterocycles. The van der Waals surface area contributed by atoms with Gasteiger partial charge in [0.15, 0.2) is 52.6 Å². The van der Waals surface area contributed by atoms with Gasteiger partial charge in [-0.05, 0) is 328 Å². The Morgan fingerprint density at radius 1 is 0.282 bits per heavy atom. The van der Waals surface area contributed by atoms with Crippen LogP contribution in [0.15, 0.2) is 182 Å². The van der Waals surface area contributed by atoms with Crippen molar-refractivity contribution in [1.82, 2.24) is 52.1 Å². The van der Waals surface area contributed by atoms with Gasteiger partial charge in [-0.25, -0.2) is 38.0 Å². The number of rotatable bonds is 25. The van der Waals surface area contributed by atoms with E-state index in [4.69, 9.17) is 37.8 Å². The number of carbonyl (C=O) groups is 9. The molecular formula is C118H158N20O11. The van der Waals surface area contributed by atoms with Gasteiger partial charge in [0, 0.05) is 157 Å². The monoisotopic (exact) mass is 2030 g/mol. The molecule has 8 N–H and O–H groups in total. The number of carbonyl (C=O) groups excluding carboxylic acids is 9. The lowest BCUT2D eigenvalue weighted by Gasteiger charge is -2.15. The normalized spacial score (nSPS) is 11.6. The summed E-state index contributed by atoms with van der Waals surface area (Å²) in [4.78, 5) is 108. The van der Waals surface area contributed by atoms with E-state index in [0.717, 1.165) is 114 Å². The number of aldehydes is 1. The molecule has 13 rings (SSSR count). The Balaban J connectivity index is 0.000000304. The van der Waals surface area contributed by atoms with Crippen LogP contribution in [0.3, 0.4) is 0 Å². The predicted octanol–water partition coefficient (Wildman–Crippen LogP) is 24.4. The number of ketones is 8. The van der Waals surface area contributed by atoms with E-state index in [9.17, 15) is 48.3 Å². The van der Waals surface area contributed by atoms with Gasteiger partial charge in [0.2, 0.25) is 0 Å². The number of benzene rings is 2. The number of hydrogen-bond acceptors (Lipinski definition) is 22. The maximum atomic E-state index is 11.6. The Morgan fingerprint density at radius 2 is 0.550 bits per heavy atom. The van der Waals surface area contributed by atoms with Crippen LogP contribution in [0.25, 0.3) is 0 Å². The van der Waals surface area contributed by atoms with E-state index in [1.807, 2.05) is 182 Å². The van der Waals surface area contributed by atoms with Gasteiger partial charge in [-0.15, -0.1) is 0 Å². The smallest absolute Gasteiger partial charge is 0.178 e. The maximum Gasteiger partial charge on any atom is 0.178 e. The molecule has 31 nitrogen and oxygen atoms in total. The van der Waals surface area contributed by atoms with E-state index < -0.39 is 0 Å². The highest BCUT2D eigenvalue weighted by molar-refractivity contribution is 6.40. The molecule has 149 heavy (non-hydrogen) atoms. The molecule has 31 heteroatoms. The number of phenolic OH excluding ortho intramolecular Hbond substituents is 2. The number of aromatic nitrogens is 11. The van der Waals surface area contributed by atoms with Crippen LogP contribution in [-0.4, -0.2) is 150 Å². The van der Waals surface area contributed by atoms with Crippen molar-refractivity contribution < 1.29 is 53.4 Å². The molecule has 0 aliphatic rings. The molecule has 0 atom stereocenters. The summed E-state index contributed by atoms with van der Waals surface area (Å²) in [6.45, 7) is 74.3. The first-order valence-electron chi connectivity index (χ1n) is 49.8. The molecule has 0 aliphatic carbocycles. The average molecular weight is 2030 g/mol. The SMILES string of the molecule is C/C(=N\n1c(C(C)C)ccc1C(C)C)c1cccc(/C(C)=N/n2c(C(C)C)ccc2C(C)C)n1.CC(=O)/C(C)=N/n1c(C)cc(C(C)=O)c1C.CC(=O)c1cc(C)n(/N=C(C)/C(C)=N/n2c(C)ccc2C)c1C.CC(=O)c1cc(C)n(/N=C/c2cccc(C)c2O)c1C.CC(=O)c1cc(C)n(N)c1C.CC(=O)c1cc(C)n(N)c1C.CC(=O)c1cccc(C(C)=O)n1.CC(C)c1ccc(C(C)C)n1N.Cc1cccc(C=O)c1O. The summed E-state index contributed by atoms with van der Waals surface area (Å²) >= 11 is 0. The summed E-state index contributed by atoms with van der Waals surface area (Å²) < 4.78 is 16.1. The lowest BCUT2D eigenvalue weighted by Crippen LogP contribution is -2.16. The highest BCUT2D eigenvalue weighted by atomic mass is 16.3. The van der Waals surface area contributed by atoms with Crippen molar-refractivity contribution in [1.29, 1.82) is 0 Å². The molecular weight excluding hydrogens is 1870 g/mol. The fourth-order valence-electron chi connectivity index (χ4n) is 15.6. The molecule has 0 spiro atoms. The van der Waals surface area contributed by atoms with Crippen LogP contribution >= 0.6 is 0 Å². The van der Waals surface area contributed by atoms with Crippen molar-refractivity contribution in [3.05, 3.63) is 327 Å². The highest BCUT2D eigenvalue weighted by Crippen LogP contribution is 2.30. The van der Waals surface area contributed by atoms with E-state index >= 15 is 0 Å². The number of aryl methyl sites for hydroxylation is 9. The summed E-state index contributed by atoms with van der Waals surface area (Å²) in [6.07, 6.45) is 2.24. The molecule has 0 fully saturated rings. The zero-order valence-electron chi connectivity index (χ0n) is 95.0. The van der Waals surface area contributed by atoms with E-state index in [2.05, 4.69) is 154 Å². The van der Waals surface area contributed by atoms with E-state index in [-0.39, 0.29) is 57.8 Å². The molecule has 11 aromatic heterocycles. The fourth-order valence-corrected chi connectivity index (χ4v) is 15.6. The van der Waals surface area contributed by atoms with E-state index in [1.165, 1.54) is 71.2 Å². The quantitative estimate of drug-likeness (QED) is 0.0154. The second kappa shape index (κ2) is 55.7. The van der Waals surface area contributed by atoms with Gasteiger partial charge in [0.1, 0.15) is 28.6 Å². The first kappa shape index (κ1) is 124. The Bertz CT molecular complexity index is 6910. The standard InChI is InChI=1S/C29H41N5.C18H24N4O.C16H18N2O2.C12H16N2O2.C10H18N2.C9H9NO2.2C8H12N2O.C8H8O2/c1-18(2)26-14-15-27(19(3)4)33(26)31-22(9)24-12-11-13-25(30-24)23(10)32-34-28(20(5)6)16-17-29(34)21(7)8;1-11-8-9-12(2)21(11)19-14(4)15(5)20-22-13(3)10-18(16(22)6)17(7)23;1-10-6-5-7-14(16(10)20)9-17-18-11(2)8-15(12(18)3)13(4)19;1-7-6-12(11(5)16)9(3)14(7)13-8(2)10(4)15;1-7(2)9-5-6-10(8(3)4)12(9)11;1-6(11)8-4-3-5-9(10-8)7(2)12;2*1-5-4-8(7(3)11)6(2)10(5)9;1-6-3-2-4-7(5-9)8(6)10/h11-21H,1-10H3;8-10H,1-7H3;5-9,20H,1-4H3;6H,1-5H3;5-8H,11H2,1-4H3;3-5H,1-2H3;2*4H,9H2,1-3H3;2-5,10H,1H3/b31-22+,32-23+;19-14+,20-15+;17-9+;13-8+;;;;;. The molecule has 0 unspecified atom stereocenters. The van der Waals surface area contributed by atoms with Crippen LogP contribution in [-0.2, 0) is 4.79 Å². The number of nitrogens with two attached hydrogens (primary N) is 3. The van der Waals surface area contributed by atoms with Crippen LogP contribution in [0.4, 0.5) is 0 Å². The topological polar surface area (TPSA) is 416 Å². The third-order valence-electron chi connectivity index (χ3n) is 24.9. The number of pyridine rings is 2. The van der Waals surface area contributed by atoms with Crippen LogP contribution in [0.1, 0.15) is 422 Å². The van der Waals surface area contributed by atoms with E-state index in [0.29, 0.717) is 97.8 Å². The number of Topliss-reactive ketones (excluding diaryl/α,β-unsaturated/α-hetero) is 8. The Labute approximate surface area is 879 Å². The number of nitrogens with zero attached hydrogens (tertiary/aromatic N) is 17. The molecule has 0 amide bonds. The van der Waals surface area contributed by atoms with Gasteiger partial charge in [-0.3, -0.25) is 57.2 Å². The Hall–Kier alpha value is -15.7. The zero-order chi connectivity index (χ0) is 113. The summed E-state index contributed by atoms with van der Waals surface area (Å²) in [6, 6.07) is 47.6. The number of phenols is 2. The van der Waals surface area contributed by atoms with Crippen molar-refractivity contribution in [2.45, 2.75) is 306 Å². The van der Waals surface area contributed by atoms with Crippen molar-refractivity contribution in [2.24, 2.45) is 30.6 Å². The zero-order valence-corrected chi connectivity index (χ0v) is 95.0. The fraction of sp³-hybridized carbons (Fsp3) is 0.381. The van der Waals surface area contributed by atoms with Crippen LogP contribution < -0.4 is 17.5 Å². The van der Waals surface area contributed by atoms with Crippen LogP contribution in [0.2, 0.25) is 0 Å². The molecule has 0 saturated carbocycles. The van der Waals surface area contributed by atoms with Crippen molar-refractivity contribution >= 4 is 87.3 Å². The summed E-state index contributed by atoms with van der Waals surface area (Å²) in [5.41, 5.74) is 30.3. The van der Waals surface area contributed by atoms with Gasteiger partial charge in [0.25, 0.3) is 0 Å². The third kappa shape index (κ3) is 33.4. The summed E-state index contributed by atoms with van der Waals surface area (Å²) in [5, 5.41) is 47.0. The molecule has 2 aromatic carbocycles. The van der Waals surface area contributed by atoms with Crippen molar-refractivity contribution in [2.75, 3.05) is 17.5 Å². The third-order valence-corrected chi connectivity index (χ3v) is 24.9. The second-order valence-corrected chi connectivity index (χ2v) is 39.1. The molecule has 0 saturated heterocycles. The average Bonchev–Trinajstić information content (AvgIpc) is 1.69. The number of hydrogen-bond donors (Lipinski definition) is 5. The largest absolute Gasteiger partial charge is 0.507 e. The number of nitrogen functional groups attached to an aromatic ring is 3. The minimum Gasteiger partial charge on any atom is -0.507 e. The van der Waals surface area contributed by atoms with E-state index in [1.54, 1.807) is 122 Å². The number of aromatic hydroxyl groups is 2.